The summed E-state index contributed by atoms with van der Waals surface area (Å²) in [6.07, 6.45) is 7.23. The van der Waals surface area contributed by atoms with E-state index in [1.165, 1.54) is 31.4 Å². The Kier molecular flexibility index (Phi) is 4.20. The van der Waals surface area contributed by atoms with Crippen molar-refractivity contribution in [2.24, 2.45) is 5.92 Å². The average Bonchev–Trinajstić information content (AvgIpc) is 3.23. The molecule has 1 aliphatic carbocycles. The molecule has 1 saturated heterocycles. The molecule has 24 heavy (non-hydrogen) atoms. The number of aromatic nitrogens is 3. The zero-order chi connectivity index (χ0) is 16.7. The predicted molar refractivity (Wildman–Crippen MR) is 95.7 cm³/mol. The molecule has 3 heterocycles. The molecule has 2 fully saturated rings. The van der Waals surface area contributed by atoms with Gasteiger partial charge in [0.05, 0.1) is 18.4 Å². The molecule has 1 amide bonds. The SMILES string of the molecule is CC(C)CN1CCN(c2nn3cc(C4CCCC4)nc3s2)CC1=O. The highest BCUT2D eigenvalue weighted by Crippen LogP contribution is 2.34. The maximum absolute atomic E-state index is 12.3. The van der Waals surface area contributed by atoms with Gasteiger partial charge in [0.25, 0.3) is 0 Å². The van der Waals surface area contributed by atoms with E-state index in [1.807, 2.05) is 9.42 Å². The lowest BCUT2D eigenvalue weighted by atomic mass is 10.1. The Morgan fingerprint density at radius 1 is 1.29 bits per heavy atom. The third-order valence-corrected chi connectivity index (χ3v) is 5.98. The second-order valence-electron chi connectivity index (χ2n) is 7.41. The Bertz CT molecular complexity index is 699. The lowest BCUT2D eigenvalue weighted by Gasteiger charge is -2.34. The summed E-state index contributed by atoms with van der Waals surface area (Å²) in [6.45, 7) is 7.21. The van der Waals surface area contributed by atoms with Crippen LogP contribution in [0.1, 0.15) is 51.1 Å². The number of rotatable bonds is 4. The largest absolute Gasteiger partial charge is 0.339 e. The molecule has 7 heteroatoms. The molecule has 0 spiro atoms. The van der Waals surface area contributed by atoms with E-state index in [9.17, 15) is 4.79 Å². The first-order valence-corrected chi connectivity index (χ1v) is 9.80. The molecular weight excluding hydrogens is 322 g/mol. The molecule has 0 N–H and O–H groups in total. The number of piperazine rings is 1. The van der Waals surface area contributed by atoms with E-state index in [2.05, 4.69) is 30.0 Å². The maximum Gasteiger partial charge on any atom is 0.242 e. The molecule has 0 unspecified atom stereocenters. The van der Waals surface area contributed by atoms with E-state index in [0.717, 1.165) is 29.7 Å². The Morgan fingerprint density at radius 3 is 2.75 bits per heavy atom. The minimum atomic E-state index is 0.203. The van der Waals surface area contributed by atoms with Crippen molar-refractivity contribution in [1.29, 1.82) is 0 Å². The average molecular weight is 347 g/mol. The van der Waals surface area contributed by atoms with Crippen molar-refractivity contribution in [3.05, 3.63) is 11.9 Å². The van der Waals surface area contributed by atoms with E-state index < -0.39 is 0 Å². The molecule has 2 aliphatic rings. The highest BCUT2D eigenvalue weighted by Gasteiger charge is 2.27. The summed E-state index contributed by atoms with van der Waals surface area (Å²) in [5.74, 6) is 1.33. The molecule has 6 nitrogen and oxygen atoms in total. The van der Waals surface area contributed by atoms with Gasteiger partial charge in [-0.05, 0) is 18.8 Å². The molecule has 1 saturated carbocycles. The highest BCUT2D eigenvalue weighted by molar-refractivity contribution is 7.20. The Hall–Kier alpha value is -1.63. The molecule has 0 atom stereocenters. The van der Waals surface area contributed by atoms with Crippen molar-refractivity contribution in [2.45, 2.75) is 45.4 Å². The van der Waals surface area contributed by atoms with Crippen molar-refractivity contribution >= 4 is 27.3 Å². The van der Waals surface area contributed by atoms with Crippen LogP contribution in [0.15, 0.2) is 6.20 Å². The lowest BCUT2D eigenvalue weighted by Crippen LogP contribution is -2.51. The molecule has 4 rings (SSSR count). The summed E-state index contributed by atoms with van der Waals surface area (Å²) in [7, 11) is 0. The third kappa shape index (κ3) is 3.01. The van der Waals surface area contributed by atoms with Gasteiger partial charge in [-0.3, -0.25) is 4.79 Å². The van der Waals surface area contributed by atoms with Gasteiger partial charge >= 0.3 is 0 Å². The smallest absolute Gasteiger partial charge is 0.242 e. The topological polar surface area (TPSA) is 53.7 Å². The zero-order valence-corrected chi connectivity index (χ0v) is 15.3. The van der Waals surface area contributed by atoms with Gasteiger partial charge < -0.3 is 9.80 Å². The van der Waals surface area contributed by atoms with Crippen molar-refractivity contribution in [2.75, 3.05) is 31.1 Å². The first-order valence-electron chi connectivity index (χ1n) is 8.99. The minimum absolute atomic E-state index is 0.203. The fraction of sp³-hybridized carbons (Fsp3) is 0.706. The molecule has 2 aromatic rings. The van der Waals surface area contributed by atoms with Gasteiger partial charge in [-0.2, -0.15) is 0 Å². The summed E-state index contributed by atoms with van der Waals surface area (Å²) in [5, 5.41) is 5.59. The van der Waals surface area contributed by atoms with E-state index in [1.54, 1.807) is 11.3 Å². The number of amides is 1. The van der Waals surface area contributed by atoms with Crippen LogP contribution in [-0.2, 0) is 4.79 Å². The van der Waals surface area contributed by atoms with Gasteiger partial charge in [0.15, 0.2) is 0 Å². The van der Waals surface area contributed by atoms with Crippen LogP contribution in [0.25, 0.3) is 4.96 Å². The van der Waals surface area contributed by atoms with Crippen LogP contribution >= 0.6 is 11.3 Å². The normalized spacial score (nSPS) is 20.0. The summed E-state index contributed by atoms with van der Waals surface area (Å²) in [6, 6.07) is 0. The first kappa shape index (κ1) is 15.9. The van der Waals surface area contributed by atoms with E-state index in [-0.39, 0.29) is 5.91 Å². The molecule has 1 aliphatic heterocycles. The van der Waals surface area contributed by atoms with Crippen molar-refractivity contribution in [3.8, 4) is 0 Å². The van der Waals surface area contributed by atoms with Crippen molar-refractivity contribution in [3.63, 3.8) is 0 Å². The van der Waals surface area contributed by atoms with Crippen LogP contribution in [0, 0.1) is 5.92 Å². The molecule has 2 aromatic heterocycles. The summed E-state index contributed by atoms with van der Waals surface area (Å²) in [4.78, 5) is 22.1. The molecule has 130 valence electrons. The predicted octanol–water partition coefficient (Wildman–Crippen LogP) is 2.75. The van der Waals surface area contributed by atoms with Crippen molar-refractivity contribution < 1.29 is 4.79 Å². The Balaban J connectivity index is 1.47. The number of carbonyl (C=O) groups is 1. The van der Waals surface area contributed by atoms with Crippen LogP contribution < -0.4 is 4.90 Å². The van der Waals surface area contributed by atoms with E-state index in [0.29, 0.717) is 18.4 Å². The van der Waals surface area contributed by atoms with Crippen LogP contribution in [0.3, 0.4) is 0 Å². The molecular formula is C17H25N5OS. The lowest BCUT2D eigenvalue weighted by molar-refractivity contribution is -0.131. The fourth-order valence-corrected chi connectivity index (χ4v) is 4.67. The van der Waals surface area contributed by atoms with Crippen molar-refractivity contribution in [1.82, 2.24) is 19.5 Å². The quantitative estimate of drug-likeness (QED) is 0.853. The second-order valence-corrected chi connectivity index (χ2v) is 8.35. The zero-order valence-electron chi connectivity index (χ0n) is 14.4. The standard InChI is InChI=1S/C17H25N5OS/c1-12(2)9-20-7-8-21(11-15(20)23)17-19-22-10-14(18-16(22)24-17)13-5-3-4-6-13/h10,12-13H,3-9,11H2,1-2H3. The minimum Gasteiger partial charge on any atom is -0.339 e. The summed E-state index contributed by atoms with van der Waals surface area (Å²) in [5.41, 5.74) is 1.19. The van der Waals surface area contributed by atoms with Crippen LogP contribution in [0.2, 0.25) is 0 Å². The monoisotopic (exact) mass is 347 g/mol. The van der Waals surface area contributed by atoms with Crippen LogP contribution in [0.4, 0.5) is 5.13 Å². The number of fused-ring (bicyclic) bond motifs is 1. The molecule has 0 bridgehead atoms. The number of anilines is 1. The second kappa shape index (κ2) is 6.35. The number of carbonyl (C=O) groups excluding carboxylic acids is 1. The van der Waals surface area contributed by atoms with E-state index >= 15 is 0 Å². The summed E-state index contributed by atoms with van der Waals surface area (Å²) < 4.78 is 1.90. The third-order valence-electron chi connectivity index (χ3n) is 5.00. The molecule has 0 aromatic carbocycles. The molecule has 0 radical (unpaired) electrons. The maximum atomic E-state index is 12.3. The summed E-state index contributed by atoms with van der Waals surface area (Å²) >= 11 is 1.60. The number of nitrogens with zero attached hydrogens (tertiary/aromatic N) is 5. The van der Waals surface area contributed by atoms with E-state index in [4.69, 9.17) is 4.98 Å². The van der Waals surface area contributed by atoms with Gasteiger partial charge in [-0.15, -0.1) is 5.10 Å². The highest BCUT2D eigenvalue weighted by atomic mass is 32.1. The van der Waals surface area contributed by atoms with Gasteiger partial charge in [0.2, 0.25) is 16.0 Å². The fourth-order valence-electron chi connectivity index (χ4n) is 3.76. The van der Waals surface area contributed by atoms with Gasteiger partial charge in [0.1, 0.15) is 0 Å². The number of hydrogen-bond acceptors (Lipinski definition) is 5. The van der Waals surface area contributed by atoms with Gasteiger partial charge in [-0.25, -0.2) is 9.50 Å². The Morgan fingerprint density at radius 2 is 2.08 bits per heavy atom. The van der Waals surface area contributed by atoms with Crippen LogP contribution in [0.5, 0.6) is 0 Å². The Labute approximate surface area is 146 Å². The first-order chi connectivity index (χ1) is 11.6. The van der Waals surface area contributed by atoms with Gasteiger partial charge in [-0.1, -0.05) is 38.0 Å². The number of hydrogen-bond donors (Lipinski definition) is 0. The van der Waals surface area contributed by atoms with Gasteiger partial charge in [0, 0.05) is 25.6 Å². The van der Waals surface area contributed by atoms with Crippen LogP contribution in [-0.4, -0.2) is 51.6 Å². The number of imidazole rings is 1.